The summed E-state index contributed by atoms with van der Waals surface area (Å²) in [5.41, 5.74) is 2.54. The quantitative estimate of drug-likeness (QED) is 0.212. The minimum Gasteiger partial charge on any atom is -0.388 e. The van der Waals surface area contributed by atoms with Crippen LogP contribution in [0.2, 0.25) is 0 Å². The van der Waals surface area contributed by atoms with Crippen LogP contribution in [0.15, 0.2) is 67.3 Å². The fraction of sp³-hybridized carbons (Fsp3) is 0.375. The molecule has 2 fully saturated rings. The first-order valence-electron chi connectivity index (χ1n) is 15.0. The number of urea groups is 1. The number of nitrogens with one attached hydrogen (secondary N) is 3. The van der Waals surface area contributed by atoms with Gasteiger partial charge in [0.2, 0.25) is 5.95 Å². The molecule has 12 nitrogen and oxygen atoms in total. The number of nitrogens with zero attached hydrogens (tertiary/aromatic N) is 7. The molecular weight excluding hydrogens is 556 g/mol. The molecule has 0 bridgehead atoms. The molecule has 0 atom stereocenters. The van der Waals surface area contributed by atoms with Crippen LogP contribution in [0.5, 0.6) is 0 Å². The number of rotatable bonds is 10. The van der Waals surface area contributed by atoms with E-state index in [1.807, 2.05) is 55.7 Å². The molecule has 0 radical (unpaired) electrons. The lowest BCUT2D eigenvalue weighted by molar-refractivity contribution is 0.164. The van der Waals surface area contributed by atoms with Gasteiger partial charge in [-0.3, -0.25) is 9.58 Å². The molecule has 1 aromatic carbocycles. The molecule has 2 saturated carbocycles. The topological polar surface area (TPSA) is 157 Å². The van der Waals surface area contributed by atoms with E-state index in [0.717, 1.165) is 55.2 Å². The first-order valence-corrected chi connectivity index (χ1v) is 15.0. The fourth-order valence-electron chi connectivity index (χ4n) is 5.48. The second-order valence-corrected chi connectivity index (χ2v) is 11.6. The molecule has 3 aromatic heterocycles. The van der Waals surface area contributed by atoms with E-state index in [4.69, 9.17) is 4.98 Å². The number of carbonyl (C=O) groups is 1. The van der Waals surface area contributed by atoms with Gasteiger partial charge in [-0.2, -0.15) is 15.3 Å². The van der Waals surface area contributed by atoms with E-state index in [2.05, 4.69) is 37.1 Å². The summed E-state index contributed by atoms with van der Waals surface area (Å²) in [6.07, 6.45) is 11.6. The maximum Gasteiger partial charge on any atom is 0.323 e. The third kappa shape index (κ3) is 6.95. The largest absolute Gasteiger partial charge is 0.388 e. The van der Waals surface area contributed by atoms with E-state index in [1.165, 1.54) is 6.20 Å². The second kappa shape index (κ2) is 12.7. The van der Waals surface area contributed by atoms with Crippen molar-refractivity contribution < 1.29 is 9.90 Å². The predicted molar refractivity (Wildman–Crippen MR) is 167 cm³/mol. The van der Waals surface area contributed by atoms with Crippen molar-refractivity contribution in [3.8, 4) is 17.2 Å². The molecule has 3 heterocycles. The summed E-state index contributed by atoms with van der Waals surface area (Å²) >= 11 is 0. The maximum atomic E-state index is 13.7. The highest BCUT2D eigenvalue weighted by Crippen LogP contribution is 2.35. The van der Waals surface area contributed by atoms with Crippen LogP contribution in [0.25, 0.3) is 11.1 Å². The van der Waals surface area contributed by atoms with Gasteiger partial charge in [0.1, 0.15) is 23.3 Å². The molecule has 4 N–H and O–H groups in total. The molecular formula is C32H36N10O2. The van der Waals surface area contributed by atoms with Gasteiger partial charge in [0.25, 0.3) is 0 Å². The van der Waals surface area contributed by atoms with E-state index in [0.29, 0.717) is 36.2 Å². The van der Waals surface area contributed by atoms with Crippen molar-refractivity contribution in [1.29, 1.82) is 5.26 Å². The van der Waals surface area contributed by atoms with Gasteiger partial charge in [-0.1, -0.05) is 30.3 Å². The van der Waals surface area contributed by atoms with Crippen molar-refractivity contribution in [3.05, 3.63) is 78.4 Å². The average molecular weight is 593 g/mol. The lowest BCUT2D eigenvalue weighted by Crippen LogP contribution is -2.49. The molecule has 4 aromatic rings. The number of hydrogen-bond donors (Lipinski definition) is 4. The smallest absolute Gasteiger partial charge is 0.323 e. The van der Waals surface area contributed by atoms with Gasteiger partial charge in [-0.25, -0.2) is 14.8 Å². The molecule has 2 aliphatic rings. The normalized spacial score (nSPS) is 18.6. The lowest BCUT2D eigenvalue weighted by atomic mass is 9.90. The molecule has 2 amide bonds. The van der Waals surface area contributed by atoms with Crippen LogP contribution in [-0.2, 0) is 13.6 Å². The zero-order valence-electron chi connectivity index (χ0n) is 24.6. The molecule has 0 unspecified atom stereocenters. The molecule has 0 saturated heterocycles. The van der Waals surface area contributed by atoms with E-state index < -0.39 is 5.60 Å². The van der Waals surface area contributed by atoms with Gasteiger partial charge < -0.3 is 21.1 Å². The summed E-state index contributed by atoms with van der Waals surface area (Å²) < 4.78 is 1.75. The summed E-state index contributed by atoms with van der Waals surface area (Å²) in [6, 6.07) is 15.7. The van der Waals surface area contributed by atoms with Crippen molar-refractivity contribution in [3.63, 3.8) is 0 Å². The van der Waals surface area contributed by atoms with Crippen molar-refractivity contribution in [2.75, 3.05) is 22.1 Å². The molecule has 12 heteroatoms. The van der Waals surface area contributed by atoms with Crippen LogP contribution in [0, 0.1) is 11.3 Å². The third-order valence-electron chi connectivity index (χ3n) is 8.25. The number of aliphatic hydroxyl groups is 1. The van der Waals surface area contributed by atoms with Crippen LogP contribution in [0.3, 0.4) is 0 Å². The van der Waals surface area contributed by atoms with Crippen LogP contribution in [0.4, 0.5) is 22.4 Å². The Morgan fingerprint density at radius 2 is 1.86 bits per heavy atom. The number of anilines is 3. The summed E-state index contributed by atoms with van der Waals surface area (Å²) in [7, 11) is 1.87. The third-order valence-corrected chi connectivity index (χ3v) is 8.25. The Labute approximate surface area is 256 Å². The van der Waals surface area contributed by atoms with Crippen molar-refractivity contribution in [2.24, 2.45) is 7.05 Å². The monoisotopic (exact) mass is 592 g/mol. The van der Waals surface area contributed by atoms with Crippen LogP contribution >= 0.6 is 0 Å². The van der Waals surface area contributed by atoms with Gasteiger partial charge in [-0.05, 0) is 56.2 Å². The summed E-state index contributed by atoms with van der Waals surface area (Å²) in [6.45, 7) is 0.771. The van der Waals surface area contributed by atoms with Crippen LogP contribution < -0.4 is 20.9 Å². The zero-order valence-corrected chi connectivity index (χ0v) is 24.6. The van der Waals surface area contributed by atoms with Gasteiger partial charge in [0, 0.05) is 55.7 Å². The number of amides is 2. The number of nitriles is 1. The SMILES string of the molecule is Cn1cc(-c2ccc(N(C(=O)NCc3ccccc3)[C@H]3CC[C@H](Nc4ncc(C#N)c(NCC5(O)CC5)n4)CC3)nc2)cn1. The Kier molecular flexibility index (Phi) is 8.38. The number of aryl methyl sites for hydroxylation is 1. The Morgan fingerprint density at radius 3 is 2.52 bits per heavy atom. The Morgan fingerprint density at radius 1 is 1.07 bits per heavy atom. The Bertz CT molecular complexity index is 1620. The Hall–Kier alpha value is -5.02. The molecule has 44 heavy (non-hydrogen) atoms. The van der Waals surface area contributed by atoms with Crippen molar-refractivity contribution in [1.82, 2.24) is 30.0 Å². The molecule has 2 aliphatic carbocycles. The van der Waals surface area contributed by atoms with Crippen molar-refractivity contribution in [2.45, 2.75) is 62.8 Å². The Balaban J connectivity index is 1.13. The zero-order chi connectivity index (χ0) is 30.5. The fourth-order valence-corrected chi connectivity index (χ4v) is 5.48. The number of aromatic nitrogens is 5. The molecule has 6 rings (SSSR count). The molecule has 226 valence electrons. The van der Waals surface area contributed by atoms with Crippen molar-refractivity contribution >= 4 is 23.6 Å². The second-order valence-electron chi connectivity index (χ2n) is 11.6. The van der Waals surface area contributed by atoms with Crippen LogP contribution in [-0.4, -0.2) is 60.1 Å². The maximum absolute atomic E-state index is 13.7. The highest BCUT2D eigenvalue weighted by molar-refractivity contribution is 5.91. The summed E-state index contributed by atoms with van der Waals surface area (Å²) in [5, 5.41) is 33.5. The first kappa shape index (κ1) is 29.1. The standard InChI is InChI=1S/C32H36N10O2/c1-41-20-25(19-38-41)23-7-12-28(34-17-23)42(31(43)36-16-22-5-3-2-4-6-22)27-10-8-26(9-11-27)39-30-35-18-24(15-33)29(40-30)37-21-32(44)13-14-32/h2-7,12,17-20,26-27,44H,8-11,13-14,16,21H2,1H3,(H,36,43)(H2,35,37,39,40)/t26-,27-. The minimum atomic E-state index is -0.711. The number of benzene rings is 1. The van der Waals surface area contributed by atoms with Gasteiger partial charge in [0.05, 0.1) is 18.0 Å². The summed E-state index contributed by atoms with van der Waals surface area (Å²) in [4.78, 5) is 29.0. The highest BCUT2D eigenvalue weighted by Gasteiger charge is 2.40. The average Bonchev–Trinajstić information content (AvgIpc) is 3.64. The number of carbonyl (C=O) groups excluding carboxylic acids is 1. The van der Waals surface area contributed by atoms with Gasteiger partial charge >= 0.3 is 6.03 Å². The minimum absolute atomic E-state index is 0.0426. The number of pyridine rings is 1. The van der Waals surface area contributed by atoms with Gasteiger partial charge in [-0.15, -0.1) is 0 Å². The van der Waals surface area contributed by atoms with Crippen LogP contribution in [0.1, 0.15) is 49.7 Å². The predicted octanol–water partition coefficient (Wildman–Crippen LogP) is 4.22. The first-order chi connectivity index (χ1) is 21.4. The molecule has 0 aliphatic heterocycles. The lowest BCUT2D eigenvalue weighted by Gasteiger charge is -2.36. The van der Waals surface area contributed by atoms with Gasteiger partial charge in [0.15, 0.2) is 0 Å². The molecule has 0 spiro atoms. The van der Waals surface area contributed by atoms with E-state index in [1.54, 1.807) is 22.0 Å². The highest BCUT2D eigenvalue weighted by atomic mass is 16.3. The van der Waals surface area contributed by atoms with E-state index in [9.17, 15) is 15.2 Å². The van der Waals surface area contributed by atoms with E-state index >= 15 is 0 Å². The number of hydrogen-bond acceptors (Lipinski definition) is 9. The summed E-state index contributed by atoms with van der Waals surface area (Å²) in [5.74, 6) is 1.45. The van der Waals surface area contributed by atoms with E-state index in [-0.39, 0.29) is 18.1 Å².